The van der Waals surface area contributed by atoms with E-state index in [4.69, 9.17) is 0 Å². The fourth-order valence-electron chi connectivity index (χ4n) is 3.28. The van der Waals surface area contributed by atoms with Crippen LogP contribution in [0.4, 0.5) is 14.9 Å². The van der Waals surface area contributed by atoms with Crippen LogP contribution in [0.2, 0.25) is 0 Å². The molecule has 0 aliphatic carbocycles. The van der Waals surface area contributed by atoms with Crippen LogP contribution in [-0.4, -0.2) is 41.2 Å². The molecule has 0 bridgehead atoms. The third kappa shape index (κ3) is 4.55. The number of para-hydroxylation sites is 1. The zero-order valence-corrected chi connectivity index (χ0v) is 17.4. The predicted octanol–water partition coefficient (Wildman–Crippen LogP) is 2.37. The van der Waals surface area contributed by atoms with Gasteiger partial charge in [0.15, 0.2) is 0 Å². The molecule has 162 valence electrons. The van der Waals surface area contributed by atoms with Gasteiger partial charge >= 0.3 is 6.03 Å². The lowest BCUT2D eigenvalue weighted by atomic mass is 9.92. The Labute approximate surface area is 178 Å². The largest absolute Gasteiger partial charge is 0.350 e. The first-order chi connectivity index (χ1) is 14.6. The van der Waals surface area contributed by atoms with E-state index in [1.165, 1.54) is 31.2 Å². The quantitative estimate of drug-likeness (QED) is 0.617. The van der Waals surface area contributed by atoms with Crippen molar-refractivity contribution in [3.05, 3.63) is 65.5 Å². The van der Waals surface area contributed by atoms with Crippen molar-refractivity contribution in [2.24, 2.45) is 0 Å². The first-order valence-electron chi connectivity index (χ1n) is 9.71. The average Bonchev–Trinajstić information content (AvgIpc) is 2.92. The zero-order valence-electron chi connectivity index (χ0n) is 17.4. The SMILES string of the molecule is CC(C)NC(=O)c1ccccc1NC(=O)CN1C(=O)NC(C)(c2ccc(F)cc2)C1=O. The van der Waals surface area contributed by atoms with E-state index in [1.54, 1.807) is 24.3 Å². The number of carbonyl (C=O) groups excluding carboxylic acids is 4. The molecule has 0 saturated carbocycles. The molecule has 0 aromatic heterocycles. The molecule has 2 aromatic rings. The van der Waals surface area contributed by atoms with Crippen molar-refractivity contribution >= 4 is 29.4 Å². The molecule has 1 heterocycles. The molecule has 0 spiro atoms. The second-order valence-electron chi connectivity index (χ2n) is 7.68. The minimum Gasteiger partial charge on any atom is -0.350 e. The van der Waals surface area contributed by atoms with Crippen molar-refractivity contribution in [2.75, 3.05) is 11.9 Å². The van der Waals surface area contributed by atoms with Crippen molar-refractivity contribution in [3.8, 4) is 0 Å². The second-order valence-corrected chi connectivity index (χ2v) is 7.68. The van der Waals surface area contributed by atoms with Gasteiger partial charge in [-0.1, -0.05) is 24.3 Å². The van der Waals surface area contributed by atoms with Crippen molar-refractivity contribution in [3.63, 3.8) is 0 Å². The number of benzene rings is 2. The van der Waals surface area contributed by atoms with E-state index in [0.717, 1.165) is 4.90 Å². The Bertz CT molecular complexity index is 1040. The maximum absolute atomic E-state index is 13.2. The maximum atomic E-state index is 13.2. The van der Waals surface area contributed by atoms with E-state index in [9.17, 15) is 23.6 Å². The molecule has 1 unspecified atom stereocenters. The van der Waals surface area contributed by atoms with Gasteiger partial charge in [-0.3, -0.25) is 19.3 Å². The molecular formula is C22H23FN4O4. The number of anilines is 1. The highest BCUT2D eigenvalue weighted by atomic mass is 19.1. The summed E-state index contributed by atoms with van der Waals surface area (Å²) in [6.45, 7) is 4.58. The van der Waals surface area contributed by atoms with Crippen LogP contribution >= 0.6 is 0 Å². The van der Waals surface area contributed by atoms with Gasteiger partial charge in [-0.2, -0.15) is 0 Å². The number of nitrogens with zero attached hydrogens (tertiary/aromatic N) is 1. The standard InChI is InChI=1S/C22H23FN4O4/c1-13(2)24-19(29)16-6-4-5-7-17(16)25-18(28)12-27-20(30)22(3,26-21(27)31)14-8-10-15(23)11-9-14/h4-11,13H,12H2,1-3H3,(H,24,29)(H,25,28)(H,26,31). The summed E-state index contributed by atoms with van der Waals surface area (Å²) in [5, 5.41) is 7.89. The Morgan fingerprint density at radius 2 is 1.74 bits per heavy atom. The van der Waals surface area contributed by atoms with E-state index in [2.05, 4.69) is 16.0 Å². The van der Waals surface area contributed by atoms with Crippen LogP contribution in [0.1, 0.15) is 36.7 Å². The fraction of sp³-hybridized carbons (Fsp3) is 0.273. The lowest BCUT2D eigenvalue weighted by Gasteiger charge is -2.22. The Morgan fingerprint density at radius 1 is 1.10 bits per heavy atom. The molecule has 1 fully saturated rings. The summed E-state index contributed by atoms with van der Waals surface area (Å²) in [4.78, 5) is 51.0. The highest BCUT2D eigenvalue weighted by molar-refractivity contribution is 6.11. The summed E-state index contributed by atoms with van der Waals surface area (Å²) in [7, 11) is 0. The highest BCUT2D eigenvalue weighted by Gasteiger charge is 2.49. The zero-order chi connectivity index (χ0) is 22.8. The number of halogens is 1. The molecule has 0 radical (unpaired) electrons. The Morgan fingerprint density at radius 3 is 2.39 bits per heavy atom. The Kier molecular flexibility index (Phi) is 6.05. The molecule has 1 aliphatic rings. The van der Waals surface area contributed by atoms with E-state index < -0.39 is 35.7 Å². The average molecular weight is 426 g/mol. The molecule has 3 rings (SSSR count). The third-order valence-electron chi connectivity index (χ3n) is 4.86. The van der Waals surface area contributed by atoms with Crippen molar-refractivity contribution in [1.29, 1.82) is 0 Å². The molecule has 8 nitrogen and oxygen atoms in total. The van der Waals surface area contributed by atoms with Crippen LogP contribution in [0.3, 0.4) is 0 Å². The monoisotopic (exact) mass is 426 g/mol. The summed E-state index contributed by atoms with van der Waals surface area (Å²) in [6.07, 6.45) is 0. The van der Waals surface area contributed by atoms with Gasteiger partial charge in [0.1, 0.15) is 17.9 Å². The number of hydrogen-bond donors (Lipinski definition) is 3. The third-order valence-corrected chi connectivity index (χ3v) is 4.86. The summed E-state index contributed by atoms with van der Waals surface area (Å²) in [6, 6.07) is 10.8. The molecule has 5 amide bonds. The van der Waals surface area contributed by atoms with Gasteiger partial charge in [0.25, 0.3) is 11.8 Å². The topological polar surface area (TPSA) is 108 Å². The normalized spacial score (nSPS) is 18.2. The van der Waals surface area contributed by atoms with Gasteiger partial charge in [0.05, 0.1) is 11.3 Å². The summed E-state index contributed by atoms with van der Waals surface area (Å²) in [5.41, 5.74) is -0.497. The summed E-state index contributed by atoms with van der Waals surface area (Å²) < 4.78 is 13.2. The molecular weight excluding hydrogens is 403 g/mol. The van der Waals surface area contributed by atoms with Crippen molar-refractivity contribution < 1.29 is 23.6 Å². The van der Waals surface area contributed by atoms with Crippen LogP contribution in [-0.2, 0) is 15.1 Å². The number of hydrogen-bond acceptors (Lipinski definition) is 4. The number of carbonyl (C=O) groups is 4. The number of amides is 5. The van der Waals surface area contributed by atoms with Gasteiger partial charge in [0, 0.05) is 6.04 Å². The smallest absolute Gasteiger partial charge is 0.325 e. The first kappa shape index (κ1) is 21.9. The molecule has 3 N–H and O–H groups in total. The number of nitrogens with one attached hydrogen (secondary N) is 3. The highest BCUT2D eigenvalue weighted by Crippen LogP contribution is 2.29. The van der Waals surface area contributed by atoms with Gasteiger partial charge < -0.3 is 16.0 Å². The minimum atomic E-state index is -1.42. The molecule has 1 aliphatic heterocycles. The molecule has 1 atom stereocenters. The number of imide groups is 1. The molecule has 9 heteroatoms. The van der Waals surface area contributed by atoms with Crippen LogP contribution in [0.5, 0.6) is 0 Å². The molecule has 31 heavy (non-hydrogen) atoms. The lowest BCUT2D eigenvalue weighted by Crippen LogP contribution is -2.42. The van der Waals surface area contributed by atoms with Crippen molar-refractivity contribution in [2.45, 2.75) is 32.4 Å². The van der Waals surface area contributed by atoms with Crippen LogP contribution in [0, 0.1) is 5.82 Å². The van der Waals surface area contributed by atoms with Gasteiger partial charge in [-0.05, 0) is 50.6 Å². The predicted molar refractivity (Wildman–Crippen MR) is 112 cm³/mol. The Balaban J connectivity index is 1.74. The van der Waals surface area contributed by atoms with E-state index in [0.29, 0.717) is 5.56 Å². The maximum Gasteiger partial charge on any atom is 0.325 e. The molecule has 2 aromatic carbocycles. The second kappa shape index (κ2) is 8.55. The van der Waals surface area contributed by atoms with E-state index in [-0.39, 0.29) is 23.2 Å². The fourth-order valence-corrected chi connectivity index (χ4v) is 3.28. The minimum absolute atomic E-state index is 0.0914. The van der Waals surface area contributed by atoms with E-state index >= 15 is 0 Å². The first-order valence-corrected chi connectivity index (χ1v) is 9.71. The number of urea groups is 1. The van der Waals surface area contributed by atoms with Crippen LogP contribution < -0.4 is 16.0 Å². The van der Waals surface area contributed by atoms with Crippen LogP contribution in [0.25, 0.3) is 0 Å². The van der Waals surface area contributed by atoms with Crippen LogP contribution in [0.15, 0.2) is 48.5 Å². The summed E-state index contributed by atoms with van der Waals surface area (Å²) in [5.74, 6) is -2.10. The lowest BCUT2D eigenvalue weighted by molar-refractivity contribution is -0.133. The van der Waals surface area contributed by atoms with E-state index in [1.807, 2.05) is 13.8 Å². The summed E-state index contributed by atoms with van der Waals surface area (Å²) >= 11 is 0. The van der Waals surface area contributed by atoms with Gasteiger partial charge in [-0.15, -0.1) is 0 Å². The molecule has 1 saturated heterocycles. The Hall–Kier alpha value is -3.75. The van der Waals surface area contributed by atoms with Gasteiger partial charge in [-0.25, -0.2) is 9.18 Å². The number of rotatable bonds is 6. The van der Waals surface area contributed by atoms with Gasteiger partial charge in [0.2, 0.25) is 5.91 Å². The van der Waals surface area contributed by atoms with Crippen molar-refractivity contribution in [1.82, 2.24) is 15.5 Å².